The summed E-state index contributed by atoms with van der Waals surface area (Å²) in [4.78, 5) is 6.02. The number of halogens is 3. The molecule has 178 valence electrons. The van der Waals surface area contributed by atoms with Crippen LogP contribution in [0.1, 0.15) is 25.5 Å². The lowest BCUT2D eigenvalue weighted by Crippen LogP contribution is -2.11. The number of nitrogen functional groups attached to an aromatic ring is 1. The minimum absolute atomic E-state index is 0.244. The predicted molar refractivity (Wildman–Crippen MR) is 135 cm³/mol. The van der Waals surface area contributed by atoms with Crippen molar-refractivity contribution in [1.29, 1.82) is 0 Å². The Balaban J connectivity index is 1.77. The zero-order valence-electron chi connectivity index (χ0n) is 19.1. The molecule has 0 saturated carbocycles. The minimum Gasteiger partial charge on any atom is -0.482 e. The van der Waals surface area contributed by atoms with Crippen molar-refractivity contribution in [2.45, 2.75) is 26.5 Å². The van der Waals surface area contributed by atoms with Gasteiger partial charge in [-0.25, -0.2) is 9.37 Å². The van der Waals surface area contributed by atoms with Gasteiger partial charge in [-0.1, -0.05) is 11.6 Å². The number of nitrogens with two attached hydrogens (primary N) is 1. The van der Waals surface area contributed by atoms with Gasteiger partial charge < -0.3 is 15.4 Å². The number of aryl methyl sites for hydroxylation is 2. The van der Waals surface area contributed by atoms with E-state index in [-0.39, 0.29) is 11.6 Å². The van der Waals surface area contributed by atoms with Crippen molar-refractivity contribution in [3.63, 3.8) is 0 Å². The van der Waals surface area contributed by atoms with E-state index >= 15 is 0 Å². The van der Waals surface area contributed by atoms with Gasteiger partial charge in [-0.15, -0.1) is 0 Å². The topological polar surface area (TPSA) is 87.0 Å². The van der Waals surface area contributed by atoms with E-state index in [2.05, 4.69) is 31.1 Å². The van der Waals surface area contributed by atoms with E-state index < -0.39 is 6.10 Å². The molecule has 3 aromatic heterocycles. The smallest absolute Gasteiger partial charge is 0.174 e. The number of hydrogen-bond donors (Lipinski definition) is 1. The van der Waals surface area contributed by atoms with Crippen molar-refractivity contribution in [3.8, 4) is 17.0 Å². The van der Waals surface area contributed by atoms with E-state index in [1.807, 2.05) is 45.2 Å². The lowest BCUT2D eigenvalue weighted by molar-refractivity contribution is 0.227. The summed E-state index contributed by atoms with van der Waals surface area (Å²) in [6.07, 6.45) is 4.79. The van der Waals surface area contributed by atoms with Gasteiger partial charge in [0.2, 0.25) is 0 Å². The highest BCUT2D eigenvalue weighted by Gasteiger charge is 2.24. The van der Waals surface area contributed by atoms with Crippen LogP contribution in [0.25, 0.3) is 11.3 Å². The number of ether oxygens (including phenoxy) is 1. The largest absolute Gasteiger partial charge is 0.482 e. The molecule has 4 rings (SSSR count). The summed E-state index contributed by atoms with van der Waals surface area (Å²) in [7, 11) is 3.72. The molecule has 1 atom stereocenters. The molecule has 0 aliphatic heterocycles. The summed E-state index contributed by atoms with van der Waals surface area (Å²) in [6, 6.07) is 6.28. The Morgan fingerprint density at radius 3 is 2.71 bits per heavy atom. The first-order chi connectivity index (χ1) is 16.2. The van der Waals surface area contributed by atoms with E-state index in [0.29, 0.717) is 28.7 Å². The van der Waals surface area contributed by atoms with Crippen molar-refractivity contribution in [1.82, 2.24) is 24.5 Å². The molecule has 11 heteroatoms. The second-order valence-electron chi connectivity index (χ2n) is 7.79. The third-order valence-corrected chi connectivity index (χ3v) is 6.12. The Bertz CT molecular complexity index is 1340. The van der Waals surface area contributed by atoms with Crippen LogP contribution in [0.3, 0.4) is 0 Å². The Morgan fingerprint density at radius 1 is 1.24 bits per heavy atom. The van der Waals surface area contributed by atoms with Crippen molar-refractivity contribution in [3.05, 3.63) is 63.9 Å². The molecular weight excluding hydrogens is 525 g/mol. The van der Waals surface area contributed by atoms with Gasteiger partial charge in [0.1, 0.15) is 17.6 Å². The van der Waals surface area contributed by atoms with Gasteiger partial charge in [0.15, 0.2) is 16.7 Å². The standard InChI is InChI=1S/C23H24BrClFN7O/c1-5-33-12-19(22(25)30-33)32(4)18-11-31(3)29-21(18)16-7-6-15(26)9-17(16)13(2)34-20-8-14(24)10-28-23(20)27/h6-13H,5H2,1-4H3,(H2,27,28)/t13-/m1/s1. The molecule has 0 spiro atoms. The fourth-order valence-corrected chi connectivity index (χ4v) is 4.27. The lowest BCUT2D eigenvalue weighted by Gasteiger charge is -2.21. The van der Waals surface area contributed by atoms with E-state index in [4.69, 9.17) is 22.1 Å². The summed E-state index contributed by atoms with van der Waals surface area (Å²) in [5, 5.41) is 9.39. The van der Waals surface area contributed by atoms with Crippen LogP contribution in [0.2, 0.25) is 5.15 Å². The van der Waals surface area contributed by atoms with E-state index in [9.17, 15) is 4.39 Å². The Kier molecular flexibility index (Phi) is 6.81. The molecule has 0 radical (unpaired) electrons. The van der Waals surface area contributed by atoms with Crippen LogP contribution in [0.5, 0.6) is 5.75 Å². The van der Waals surface area contributed by atoms with Gasteiger partial charge in [0.05, 0.1) is 17.6 Å². The number of nitrogens with zero attached hydrogens (tertiary/aromatic N) is 6. The molecule has 0 fully saturated rings. The van der Waals surface area contributed by atoms with Crippen molar-refractivity contribution >= 4 is 44.7 Å². The monoisotopic (exact) mass is 547 g/mol. The van der Waals surface area contributed by atoms with Crippen molar-refractivity contribution in [2.75, 3.05) is 17.7 Å². The fraction of sp³-hybridized carbons (Fsp3) is 0.261. The molecule has 4 aromatic rings. The third-order valence-electron chi connectivity index (χ3n) is 5.41. The predicted octanol–water partition coefficient (Wildman–Crippen LogP) is 5.74. The van der Waals surface area contributed by atoms with E-state index in [1.165, 1.54) is 12.1 Å². The van der Waals surface area contributed by atoms with Crippen molar-refractivity contribution in [2.24, 2.45) is 7.05 Å². The molecule has 34 heavy (non-hydrogen) atoms. The highest BCUT2D eigenvalue weighted by molar-refractivity contribution is 9.10. The minimum atomic E-state index is -0.546. The zero-order chi connectivity index (χ0) is 24.6. The number of benzene rings is 1. The first-order valence-electron chi connectivity index (χ1n) is 10.6. The molecule has 0 aliphatic rings. The summed E-state index contributed by atoms with van der Waals surface area (Å²) in [6.45, 7) is 4.51. The van der Waals surface area contributed by atoms with Gasteiger partial charge >= 0.3 is 0 Å². The summed E-state index contributed by atoms with van der Waals surface area (Å²) in [5.41, 5.74) is 9.48. The van der Waals surface area contributed by atoms with E-state index in [1.54, 1.807) is 27.7 Å². The molecule has 0 saturated heterocycles. The van der Waals surface area contributed by atoms with Crippen LogP contribution in [-0.2, 0) is 13.6 Å². The van der Waals surface area contributed by atoms with E-state index in [0.717, 1.165) is 21.4 Å². The molecule has 0 amide bonds. The van der Waals surface area contributed by atoms with Crippen LogP contribution >= 0.6 is 27.5 Å². The van der Waals surface area contributed by atoms with Gasteiger partial charge in [-0.2, -0.15) is 10.2 Å². The summed E-state index contributed by atoms with van der Waals surface area (Å²) < 4.78 is 24.6. The molecular formula is C23H24BrClFN7O. The number of pyridine rings is 1. The molecule has 2 N–H and O–H groups in total. The van der Waals surface area contributed by atoms with Crippen LogP contribution in [0.4, 0.5) is 21.6 Å². The Labute approximate surface area is 210 Å². The first-order valence-corrected chi connectivity index (χ1v) is 11.7. The number of hydrogen-bond acceptors (Lipinski definition) is 6. The fourth-order valence-electron chi connectivity index (χ4n) is 3.68. The van der Waals surface area contributed by atoms with Gasteiger partial charge in [0, 0.05) is 48.6 Å². The molecule has 3 heterocycles. The van der Waals surface area contributed by atoms with Gasteiger partial charge in [-0.05, 0) is 54.0 Å². The Morgan fingerprint density at radius 2 is 2.00 bits per heavy atom. The maximum Gasteiger partial charge on any atom is 0.174 e. The average molecular weight is 549 g/mol. The first kappa shape index (κ1) is 24.0. The second-order valence-corrected chi connectivity index (χ2v) is 9.06. The second kappa shape index (κ2) is 9.63. The number of rotatable bonds is 7. The molecule has 0 bridgehead atoms. The van der Waals surface area contributed by atoms with Gasteiger partial charge in [0.25, 0.3) is 0 Å². The lowest BCUT2D eigenvalue weighted by atomic mass is 9.99. The third kappa shape index (κ3) is 4.74. The molecule has 0 unspecified atom stereocenters. The quantitative estimate of drug-likeness (QED) is 0.317. The highest BCUT2D eigenvalue weighted by atomic mass is 79.9. The van der Waals surface area contributed by atoms with Crippen molar-refractivity contribution < 1.29 is 9.13 Å². The summed E-state index contributed by atoms with van der Waals surface area (Å²) >= 11 is 9.78. The maximum absolute atomic E-state index is 14.4. The van der Waals surface area contributed by atoms with Gasteiger partial charge in [-0.3, -0.25) is 9.36 Å². The number of anilines is 3. The maximum atomic E-state index is 14.4. The van der Waals surface area contributed by atoms with Crippen LogP contribution in [0, 0.1) is 5.82 Å². The molecule has 0 aliphatic carbocycles. The normalized spacial score (nSPS) is 12.1. The number of aromatic nitrogens is 5. The Hall–Kier alpha value is -3.11. The SMILES string of the molecule is CCn1cc(N(C)c2cn(C)nc2-c2ccc(F)cc2[C@@H](C)Oc2cc(Br)cnc2N)c(Cl)n1. The van der Waals surface area contributed by atoms with Crippen LogP contribution in [-0.4, -0.2) is 31.6 Å². The highest BCUT2D eigenvalue weighted by Crippen LogP contribution is 2.40. The van der Waals surface area contributed by atoms with Crippen LogP contribution < -0.4 is 15.4 Å². The molecule has 1 aromatic carbocycles. The average Bonchev–Trinajstić information content (AvgIpc) is 3.38. The molecule has 8 nitrogen and oxygen atoms in total. The zero-order valence-corrected chi connectivity index (χ0v) is 21.5. The van der Waals surface area contributed by atoms with Crippen LogP contribution in [0.15, 0.2) is 47.3 Å². The summed E-state index contributed by atoms with van der Waals surface area (Å²) in [5.74, 6) is 0.260.